The van der Waals surface area contributed by atoms with Crippen LogP contribution < -0.4 is 9.47 Å². The van der Waals surface area contributed by atoms with Crippen LogP contribution in [0.1, 0.15) is 73.8 Å². The van der Waals surface area contributed by atoms with Crippen LogP contribution in [0.2, 0.25) is 0 Å². The lowest BCUT2D eigenvalue weighted by Crippen LogP contribution is -1.88. The summed E-state index contributed by atoms with van der Waals surface area (Å²) in [5, 5.41) is 28.9. The summed E-state index contributed by atoms with van der Waals surface area (Å²) in [5.74, 6) is 3.35. The average molecular weight is 1790 g/mol. The lowest BCUT2D eigenvalue weighted by Gasteiger charge is -2.14. The van der Waals surface area contributed by atoms with E-state index in [9.17, 15) is 0 Å². The van der Waals surface area contributed by atoms with Crippen LogP contribution in [0.15, 0.2) is 364 Å². The predicted octanol–water partition coefficient (Wildman–Crippen LogP) is 40.8. The summed E-state index contributed by atoms with van der Waals surface area (Å²) in [5.41, 5.74) is 15.7. The summed E-state index contributed by atoms with van der Waals surface area (Å²) in [6.07, 6.45) is 0. The first-order valence-electron chi connectivity index (χ1n) is 42.1. The van der Waals surface area contributed by atoms with E-state index >= 15 is 0 Å². The van der Waals surface area contributed by atoms with E-state index in [-0.39, 0.29) is 44.6 Å². The zero-order chi connectivity index (χ0) is 83.0. The van der Waals surface area contributed by atoms with E-state index in [1.165, 1.54) is 243 Å². The number of thiophene rings is 6. The second-order valence-electron chi connectivity index (χ2n) is 32.6. The van der Waals surface area contributed by atoms with Gasteiger partial charge in [-0.1, -0.05) is 299 Å². The van der Waals surface area contributed by atoms with E-state index in [1.54, 1.807) is 0 Å². The molecule has 6 aromatic heterocycles. The molecule has 25 aromatic rings. The van der Waals surface area contributed by atoms with Crippen molar-refractivity contribution in [1.29, 1.82) is 0 Å². The summed E-state index contributed by atoms with van der Waals surface area (Å²) in [7, 11) is 0. The molecule has 0 bridgehead atoms. The zero-order valence-electron chi connectivity index (χ0n) is 68.9. The van der Waals surface area contributed by atoms with Crippen molar-refractivity contribution in [3.63, 3.8) is 0 Å². The van der Waals surface area contributed by atoms with Crippen LogP contribution >= 0.6 is 68.0 Å². The molecule has 0 N–H and O–H groups in total. The molecule has 0 unspecified atom stereocenters. The van der Waals surface area contributed by atoms with Gasteiger partial charge in [0.2, 0.25) is 0 Å². The van der Waals surface area contributed by atoms with Crippen LogP contribution in [-0.4, -0.2) is 0 Å². The second kappa shape index (κ2) is 36.3. The Bertz CT molecular complexity index is 7950. The summed E-state index contributed by atoms with van der Waals surface area (Å²) in [4.78, 5) is 8.00. The molecule has 130 heavy (non-hydrogen) atoms. The number of fused-ring (bicyclic) bond motifs is 18. The molecule has 19 aromatic carbocycles. The topological polar surface area (TPSA) is 18.5 Å². The van der Waals surface area contributed by atoms with Crippen molar-refractivity contribution >= 4 is 215 Å². The number of ether oxygens (including phenoxy) is 2. The van der Waals surface area contributed by atoms with Gasteiger partial charge in [-0.2, -0.15) is 0 Å². The Kier molecular flexibility index (Phi) is 24.7. The van der Waals surface area contributed by atoms with Crippen molar-refractivity contribution in [3.05, 3.63) is 393 Å². The maximum atomic E-state index is 6.07. The standard InChI is InChI=1S/2C40H26S2.C36H26O2S2.6CH4/c1-23-19-35-37(29-15-17-33-27(21-29)13-11-25-7-3-5-9-31(25)33)40-36(20-24(2)42-40)38(39(35)41-23)30-16-18-34-28(22-30)14-12-26-8-4-6-10-32(26)34;1-23-19-35-37(29-17-15-27-13-11-25-7-3-5-9-31(25)33(27)21-29)40-36(20-24(2)42-40)38(39(35)41-23)30-18-16-28-14-12-26-8-4-6-10-32(26)34(28)22-30;1-23-21-31-33(25-13-17-29(18-14-25)37-27-9-5-3-6-10-27)36-32(22-24(2)40-36)34(35(31)39-23)26-15-19-30(20-16-26)38-28-11-7-4-8-12-28;;;;;;/h2*3-22H,1-2H3;3-22H,1-2H3;6*1H4. The molecule has 6 heterocycles. The van der Waals surface area contributed by atoms with Crippen molar-refractivity contribution in [2.45, 2.75) is 86.1 Å². The Morgan fingerprint density at radius 3 is 0.623 bits per heavy atom. The third-order valence-corrected chi connectivity index (χ3v) is 30.9. The Morgan fingerprint density at radius 2 is 0.338 bits per heavy atom. The normalized spacial score (nSPS) is 11.2. The van der Waals surface area contributed by atoms with Gasteiger partial charge in [0.05, 0.1) is 0 Å². The van der Waals surface area contributed by atoms with E-state index in [4.69, 9.17) is 9.47 Å². The fourth-order valence-corrected chi connectivity index (χ4v) is 25.6. The molecule has 0 fully saturated rings. The Labute approximate surface area is 786 Å². The minimum atomic E-state index is 0. The van der Waals surface area contributed by atoms with Crippen LogP contribution in [0.4, 0.5) is 0 Å². The SMILES string of the molecule is C.C.C.C.C.C.Cc1cc2c(-c3ccc(Oc4ccccc4)cc3)c3sc(C)cc3c(-c3ccc(Oc4ccccc4)cc3)c2s1.Cc1cc2c(-c3ccc4c(ccc5ccccc54)c3)c3sc(C)cc3c(-c3ccc4c(ccc5ccccc54)c3)c2s1.Cc1cc2c(-c3ccc4ccc5ccccc5c4c3)c3sc(C)cc3c(-c3ccc4ccc5ccccc5c4c3)c2s1. The number of hydrogen-bond donors (Lipinski definition) is 0. The van der Waals surface area contributed by atoms with Gasteiger partial charge in [0, 0.05) is 123 Å². The average Bonchev–Trinajstić information content (AvgIpc) is 1.53. The maximum Gasteiger partial charge on any atom is 0.127 e. The highest BCUT2D eigenvalue weighted by molar-refractivity contribution is 7.23. The van der Waals surface area contributed by atoms with Gasteiger partial charge in [0.25, 0.3) is 0 Å². The third kappa shape index (κ3) is 15.7. The molecule has 638 valence electrons. The van der Waals surface area contributed by atoms with Crippen LogP contribution in [-0.2, 0) is 0 Å². The van der Waals surface area contributed by atoms with Gasteiger partial charge in [-0.05, 0) is 270 Å². The first kappa shape index (κ1) is 88.6. The number of para-hydroxylation sites is 2. The summed E-state index contributed by atoms with van der Waals surface area (Å²) in [6.45, 7) is 13.4. The number of benzene rings is 19. The third-order valence-electron chi connectivity index (χ3n) is 24.5. The zero-order valence-corrected chi connectivity index (χ0v) is 73.8. The highest BCUT2D eigenvalue weighted by Gasteiger charge is 2.26. The van der Waals surface area contributed by atoms with Crippen LogP contribution in [0.25, 0.3) is 213 Å². The maximum absolute atomic E-state index is 6.07. The van der Waals surface area contributed by atoms with Gasteiger partial charge in [-0.25, -0.2) is 0 Å². The van der Waals surface area contributed by atoms with Gasteiger partial charge >= 0.3 is 0 Å². The van der Waals surface area contributed by atoms with E-state index in [0.29, 0.717) is 0 Å². The molecule has 0 amide bonds. The smallest absolute Gasteiger partial charge is 0.127 e. The Morgan fingerprint density at radius 1 is 0.146 bits per heavy atom. The van der Waals surface area contributed by atoms with Crippen molar-refractivity contribution in [2.75, 3.05) is 0 Å². The van der Waals surface area contributed by atoms with Gasteiger partial charge < -0.3 is 9.47 Å². The van der Waals surface area contributed by atoms with Crippen LogP contribution in [0, 0.1) is 41.5 Å². The molecular formula is C122H102O2S6. The predicted molar refractivity (Wildman–Crippen MR) is 586 cm³/mol. The highest BCUT2D eigenvalue weighted by Crippen LogP contribution is 2.55. The molecule has 0 saturated heterocycles. The van der Waals surface area contributed by atoms with E-state index in [0.717, 1.165) is 23.0 Å². The van der Waals surface area contributed by atoms with Crippen molar-refractivity contribution in [3.8, 4) is 89.8 Å². The molecule has 0 radical (unpaired) electrons. The minimum absolute atomic E-state index is 0. The fraction of sp³-hybridized carbons (Fsp3) is 0.0984. The van der Waals surface area contributed by atoms with Crippen molar-refractivity contribution in [2.24, 2.45) is 0 Å². The molecule has 8 heteroatoms. The van der Waals surface area contributed by atoms with E-state index in [1.807, 2.05) is 129 Å². The first-order valence-corrected chi connectivity index (χ1v) is 47.0. The molecule has 0 aliphatic carbocycles. The monoisotopic (exact) mass is 1790 g/mol. The molecule has 0 atom stereocenters. The summed E-state index contributed by atoms with van der Waals surface area (Å²) >= 11 is 11.4. The molecule has 0 aliphatic rings. The van der Waals surface area contributed by atoms with Gasteiger partial charge in [0.1, 0.15) is 23.0 Å². The lowest BCUT2D eigenvalue weighted by atomic mass is 9.90. The molecular weight excluding hydrogens is 1690 g/mol. The highest BCUT2D eigenvalue weighted by atomic mass is 32.1. The fourth-order valence-electron chi connectivity index (χ4n) is 19.0. The first-order chi connectivity index (χ1) is 60.9. The summed E-state index contributed by atoms with van der Waals surface area (Å²) < 4.78 is 20.3. The van der Waals surface area contributed by atoms with E-state index < -0.39 is 0 Å². The van der Waals surface area contributed by atoms with Gasteiger partial charge in [0.15, 0.2) is 0 Å². The molecule has 0 aliphatic heterocycles. The minimum Gasteiger partial charge on any atom is -0.457 e. The van der Waals surface area contributed by atoms with Gasteiger partial charge in [-0.3, -0.25) is 0 Å². The molecule has 0 saturated carbocycles. The van der Waals surface area contributed by atoms with Crippen LogP contribution in [0.3, 0.4) is 0 Å². The van der Waals surface area contributed by atoms with Crippen molar-refractivity contribution < 1.29 is 9.47 Å². The quantitative estimate of drug-likeness (QED) is 0.127. The largest absolute Gasteiger partial charge is 0.457 e. The van der Waals surface area contributed by atoms with Crippen molar-refractivity contribution in [1.82, 2.24) is 0 Å². The molecule has 25 rings (SSSR count). The number of rotatable bonds is 10. The lowest BCUT2D eigenvalue weighted by molar-refractivity contribution is 0.482. The summed E-state index contributed by atoms with van der Waals surface area (Å²) in [6, 6.07) is 132. The Hall–Kier alpha value is -13.4. The number of aryl methyl sites for hydroxylation is 6. The van der Waals surface area contributed by atoms with Crippen LogP contribution in [0.5, 0.6) is 23.0 Å². The molecule has 2 nitrogen and oxygen atoms in total. The van der Waals surface area contributed by atoms with Gasteiger partial charge in [-0.15, -0.1) is 68.0 Å². The van der Waals surface area contributed by atoms with E-state index in [2.05, 4.69) is 345 Å². The Balaban J connectivity index is 0.000000134. The second-order valence-corrected chi connectivity index (χ2v) is 40.2. The number of hydrogen-bond acceptors (Lipinski definition) is 8. The molecule has 0 spiro atoms.